The van der Waals surface area contributed by atoms with Crippen LogP contribution in [0.15, 0.2) is 58.5 Å². The van der Waals surface area contributed by atoms with E-state index < -0.39 is 9.85 Å². The Kier molecular flexibility index (Phi) is 6.21. The largest absolute Gasteiger partial charge is 0.287 e. The van der Waals surface area contributed by atoms with Gasteiger partial charge in [-0.1, -0.05) is 37.1 Å². The lowest BCUT2D eigenvalue weighted by molar-refractivity contribution is -0.385. The molecule has 28 heavy (non-hydrogen) atoms. The molecule has 0 aromatic heterocycles. The van der Waals surface area contributed by atoms with Gasteiger partial charge in [0.15, 0.2) is 0 Å². The van der Waals surface area contributed by atoms with Crippen molar-refractivity contribution in [2.75, 3.05) is 0 Å². The zero-order valence-corrected chi connectivity index (χ0v) is 15.2. The lowest BCUT2D eigenvalue weighted by Crippen LogP contribution is -2.27. The Balaban J connectivity index is 1.73. The molecule has 2 atom stereocenters. The summed E-state index contributed by atoms with van der Waals surface area (Å²) in [6.45, 7) is 0. The van der Waals surface area contributed by atoms with Gasteiger partial charge in [0.1, 0.15) is 0 Å². The van der Waals surface area contributed by atoms with Gasteiger partial charge in [0.25, 0.3) is 11.4 Å². The van der Waals surface area contributed by atoms with Crippen molar-refractivity contribution in [3.05, 3.63) is 79.9 Å². The fraction of sp³-hybridized carbons (Fsp3) is 0.300. The average Bonchev–Trinajstić information content (AvgIpc) is 2.71. The summed E-state index contributed by atoms with van der Waals surface area (Å²) in [5, 5.41) is 21.8. The highest BCUT2D eigenvalue weighted by atomic mass is 16.6. The first kappa shape index (κ1) is 19.3. The Bertz CT molecular complexity index is 850. The van der Waals surface area contributed by atoms with E-state index in [1.165, 1.54) is 24.3 Å². The molecule has 8 nitrogen and oxygen atoms in total. The highest BCUT2D eigenvalue weighted by Crippen LogP contribution is 2.24. The summed E-state index contributed by atoms with van der Waals surface area (Å²) in [5.74, 6) is 0. The number of non-ortho nitro benzene ring substituents is 2. The third kappa shape index (κ3) is 5.06. The van der Waals surface area contributed by atoms with Crippen LogP contribution in [0.2, 0.25) is 0 Å². The van der Waals surface area contributed by atoms with Crippen LogP contribution in [-0.4, -0.2) is 34.4 Å². The Morgan fingerprint density at radius 2 is 1.21 bits per heavy atom. The minimum atomic E-state index is -0.426. The first-order chi connectivity index (χ1) is 13.5. The number of nitro benzene ring substituents is 2. The number of hydrogen-bond donors (Lipinski definition) is 0. The predicted octanol–water partition coefficient (Wildman–Crippen LogP) is 4.35. The molecule has 0 unspecified atom stereocenters. The van der Waals surface area contributed by atoms with E-state index >= 15 is 0 Å². The maximum absolute atomic E-state index is 10.9. The Hall–Kier alpha value is -3.42. The van der Waals surface area contributed by atoms with Gasteiger partial charge in [-0.2, -0.15) is 0 Å². The molecule has 0 amide bonds. The minimum absolute atomic E-state index is 0.0111. The van der Waals surface area contributed by atoms with Gasteiger partial charge in [0, 0.05) is 36.7 Å². The van der Waals surface area contributed by atoms with Crippen LogP contribution in [0.25, 0.3) is 0 Å². The van der Waals surface area contributed by atoms with E-state index in [1.807, 2.05) is 0 Å². The second-order valence-electron chi connectivity index (χ2n) is 6.68. The van der Waals surface area contributed by atoms with Crippen LogP contribution in [0, 0.1) is 20.2 Å². The summed E-state index contributed by atoms with van der Waals surface area (Å²) in [5.41, 5.74) is 1.43. The first-order valence-corrected chi connectivity index (χ1v) is 9.08. The average molecular weight is 380 g/mol. The molecular formula is C20H20N4O4. The molecule has 3 rings (SSSR count). The van der Waals surface area contributed by atoms with Crippen molar-refractivity contribution in [3.8, 4) is 0 Å². The third-order valence-corrected chi connectivity index (χ3v) is 4.69. The lowest BCUT2D eigenvalue weighted by Gasteiger charge is -2.25. The normalized spacial score (nSPS) is 19.9. The van der Waals surface area contributed by atoms with Gasteiger partial charge < -0.3 is 0 Å². The van der Waals surface area contributed by atoms with Crippen molar-refractivity contribution in [2.45, 2.75) is 37.8 Å². The smallest absolute Gasteiger partial charge is 0.270 e. The van der Waals surface area contributed by atoms with Gasteiger partial charge in [-0.05, 0) is 24.0 Å². The molecule has 8 heteroatoms. The molecule has 0 radical (unpaired) electrons. The Morgan fingerprint density at radius 1 is 0.786 bits per heavy atom. The van der Waals surface area contributed by atoms with Crippen LogP contribution < -0.4 is 0 Å². The summed E-state index contributed by atoms with van der Waals surface area (Å²) in [6.07, 6.45) is 7.22. The zero-order valence-electron chi connectivity index (χ0n) is 15.2. The molecule has 2 aromatic rings. The number of rotatable bonds is 6. The number of aliphatic imine (C=N–C) groups is 2. The number of nitrogens with zero attached hydrogens (tertiary/aromatic N) is 4. The molecule has 0 N–H and O–H groups in total. The molecular weight excluding hydrogens is 360 g/mol. The second kappa shape index (κ2) is 8.98. The molecule has 1 aliphatic rings. The van der Waals surface area contributed by atoms with Gasteiger partial charge in [-0.3, -0.25) is 30.2 Å². The van der Waals surface area contributed by atoms with Crippen LogP contribution in [0.4, 0.5) is 11.4 Å². The highest BCUT2D eigenvalue weighted by molar-refractivity contribution is 5.81. The quantitative estimate of drug-likeness (QED) is 0.421. The van der Waals surface area contributed by atoms with Gasteiger partial charge in [0.05, 0.1) is 21.9 Å². The van der Waals surface area contributed by atoms with E-state index in [0.717, 1.165) is 25.7 Å². The van der Waals surface area contributed by atoms with Crippen molar-refractivity contribution in [3.63, 3.8) is 0 Å². The molecule has 1 aliphatic carbocycles. The topological polar surface area (TPSA) is 111 Å². The van der Waals surface area contributed by atoms with E-state index in [9.17, 15) is 20.2 Å². The van der Waals surface area contributed by atoms with Crippen molar-refractivity contribution in [1.82, 2.24) is 0 Å². The molecule has 0 heterocycles. The lowest BCUT2D eigenvalue weighted by atomic mass is 9.91. The van der Waals surface area contributed by atoms with Crippen LogP contribution in [-0.2, 0) is 0 Å². The fourth-order valence-electron chi connectivity index (χ4n) is 3.24. The van der Waals surface area contributed by atoms with Crippen LogP contribution >= 0.6 is 0 Å². The molecule has 2 aromatic carbocycles. The maximum Gasteiger partial charge on any atom is 0.270 e. The van der Waals surface area contributed by atoms with Crippen LogP contribution in [0.3, 0.4) is 0 Å². The van der Waals surface area contributed by atoms with E-state index in [-0.39, 0.29) is 23.5 Å². The first-order valence-electron chi connectivity index (χ1n) is 9.08. The minimum Gasteiger partial charge on any atom is -0.287 e. The number of nitro groups is 2. The van der Waals surface area contributed by atoms with E-state index in [2.05, 4.69) is 9.98 Å². The van der Waals surface area contributed by atoms with Crippen LogP contribution in [0.5, 0.6) is 0 Å². The summed E-state index contributed by atoms with van der Waals surface area (Å²) < 4.78 is 0. The summed E-state index contributed by atoms with van der Waals surface area (Å²) in [4.78, 5) is 30.2. The molecule has 1 fully saturated rings. The van der Waals surface area contributed by atoms with E-state index in [1.54, 1.807) is 36.7 Å². The summed E-state index contributed by atoms with van der Waals surface area (Å²) in [6, 6.07) is 12.7. The number of hydrogen-bond acceptors (Lipinski definition) is 6. The Labute approximate surface area is 161 Å². The van der Waals surface area contributed by atoms with Gasteiger partial charge >= 0.3 is 0 Å². The highest BCUT2D eigenvalue weighted by Gasteiger charge is 2.23. The zero-order chi connectivity index (χ0) is 19.9. The molecule has 0 saturated heterocycles. The summed E-state index contributed by atoms with van der Waals surface area (Å²) >= 11 is 0. The predicted molar refractivity (Wildman–Crippen MR) is 107 cm³/mol. The monoisotopic (exact) mass is 380 g/mol. The second-order valence-corrected chi connectivity index (χ2v) is 6.68. The van der Waals surface area contributed by atoms with Gasteiger partial charge in [0.2, 0.25) is 0 Å². The number of benzene rings is 2. The molecule has 0 bridgehead atoms. The SMILES string of the molecule is O=[N+]([O-])c1cccc(C=N[C@@H]2CCCC[C@H]2N=Cc2cccc([N+](=O)[O-])c2)c1. The molecule has 144 valence electrons. The van der Waals surface area contributed by atoms with Crippen LogP contribution in [0.1, 0.15) is 36.8 Å². The Morgan fingerprint density at radius 3 is 1.61 bits per heavy atom. The molecule has 0 spiro atoms. The van der Waals surface area contributed by atoms with Crippen molar-refractivity contribution in [1.29, 1.82) is 0 Å². The molecule has 0 aliphatic heterocycles. The van der Waals surface area contributed by atoms with Crippen molar-refractivity contribution in [2.24, 2.45) is 9.98 Å². The van der Waals surface area contributed by atoms with Gasteiger partial charge in [-0.15, -0.1) is 0 Å². The third-order valence-electron chi connectivity index (χ3n) is 4.69. The fourth-order valence-corrected chi connectivity index (χ4v) is 3.24. The molecule has 1 saturated carbocycles. The maximum atomic E-state index is 10.9. The standard InChI is InChI=1S/C20H20N4O4/c25-23(26)17-7-3-5-15(11-17)13-21-19-9-1-2-10-20(19)22-14-16-6-4-8-18(12-16)24(27)28/h3-8,11-14,19-20H,1-2,9-10H2/t19-,20-/m1/s1. The van der Waals surface area contributed by atoms with Crippen molar-refractivity contribution < 1.29 is 9.85 Å². The van der Waals surface area contributed by atoms with Crippen molar-refractivity contribution >= 4 is 23.8 Å². The van der Waals surface area contributed by atoms with E-state index in [0.29, 0.717) is 11.1 Å². The summed E-state index contributed by atoms with van der Waals surface area (Å²) in [7, 11) is 0. The van der Waals surface area contributed by atoms with Gasteiger partial charge in [-0.25, -0.2) is 0 Å². The van der Waals surface area contributed by atoms with E-state index in [4.69, 9.17) is 0 Å².